The molecule has 0 bridgehead atoms. The topological polar surface area (TPSA) is 79.5 Å². The number of nitrogens with zero attached hydrogens (tertiary/aromatic N) is 1. The van der Waals surface area contributed by atoms with E-state index in [0.717, 1.165) is 18.7 Å². The second-order valence-electron chi connectivity index (χ2n) is 3.64. The Kier molecular flexibility index (Phi) is 20.3. The van der Waals surface area contributed by atoms with Crippen LogP contribution >= 0.6 is 11.8 Å². The monoisotopic (exact) mass is 276 g/mol. The molecule has 0 unspecified atom stereocenters. The molecule has 0 aliphatic heterocycles. The lowest BCUT2D eigenvalue weighted by Crippen LogP contribution is -2.18. The first-order valence-electron chi connectivity index (χ1n) is 6.32. The molecular formula is C12H28N4OS. The Morgan fingerprint density at radius 1 is 1.44 bits per heavy atom. The lowest BCUT2D eigenvalue weighted by Gasteiger charge is -1.98. The molecule has 0 rings (SSSR count). The highest BCUT2D eigenvalue weighted by molar-refractivity contribution is 7.98. The van der Waals surface area contributed by atoms with E-state index in [2.05, 4.69) is 22.5 Å². The average molecular weight is 276 g/mol. The first-order chi connectivity index (χ1) is 8.72. The number of nitrogens with one attached hydrogen (secondary N) is 2. The van der Waals surface area contributed by atoms with Crippen LogP contribution in [0.1, 0.15) is 26.2 Å². The van der Waals surface area contributed by atoms with E-state index in [1.807, 2.05) is 13.3 Å². The predicted octanol–water partition coefficient (Wildman–Crippen LogP) is 0.849. The molecule has 0 fully saturated rings. The van der Waals surface area contributed by atoms with Crippen molar-refractivity contribution >= 4 is 24.0 Å². The van der Waals surface area contributed by atoms with Crippen LogP contribution in [0.3, 0.4) is 0 Å². The zero-order valence-corrected chi connectivity index (χ0v) is 12.7. The largest absolute Gasteiger partial charge is 0.387 e. The molecule has 0 spiro atoms. The molecule has 0 saturated heterocycles. The van der Waals surface area contributed by atoms with Gasteiger partial charge < -0.3 is 16.4 Å². The van der Waals surface area contributed by atoms with Crippen molar-refractivity contribution in [1.82, 2.24) is 10.6 Å². The van der Waals surface area contributed by atoms with Gasteiger partial charge in [0, 0.05) is 13.0 Å². The van der Waals surface area contributed by atoms with E-state index in [9.17, 15) is 4.79 Å². The van der Waals surface area contributed by atoms with Gasteiger partial charge in [-0.05, 0) is 32.0 Å². The number of carbonyl (C=O) groups is 1. The van der Waals surface area contributed by atoms with E-state index >= 15 is 0 Å². The van der Waals surface area contributed by atoms with Gasteiger partial charge in [-0.25, -0.2) is 0 Å². The summed E-state index contributed by atoms with van der Waals surface area (Å²) in [5.74, 6) is 1.66. The zero-order chi connectivity index (χ0) is 14.1. The molecule has 4 N–H and O–H groups in total. The number of aliphatic imine (C=N–C) groups is 1. The Bertz CT molecular complexity index is 197. The molecule has 0 aromatic carbocycles. The van der Waals surface area contributed by atoms with Crippen molar-refractivity contribution in [2.75, 3.05) is 38.7 Å². The molecule has 0 aromatic heterocycles. The van der Waals surface area contributed by atoms with Gasteiger partial charge >= 0.3 is 0 Å². The Morgan fingerprint density at radius 2 is 2.17 bits per heavy atom. The second-order valence-corrected chi connectivity index (χ2v) is 4.63. The standard InChI is InChI=1S/C7H15N3OS.C5H13N/c1-12-5-2-7(8)10-4-3-9-6-11;1-3-4-5-6-2/h6H,2-5H2,1H3,(H2,8,10)(H,9,11);6H,3-5H2,1-2H3. The minimum absolute atomic E-state index is 0.559. The molecule has 0 aromatic rings. The van der Waals surface area contributed by atoms with Crippen LogP contribution in [0.4, 0.5) is 0 Å². The SMILES string of the molecule is CCCCNC.CSCCC(N)=NCCNC=O. The second kappa shape index (κ2) is 18.6. The third kappa shape index (κ3) is 20.6. The first-order valence-corrected chi connectivity index (χ1v) is 7.71. The van der Waals surface area contributed by atoms with E-state index in [1.54, 1.807) is 11.8 Å². The number of nitrogens with two attached hydrogens (primary N) is 1. The van der Waals surface area contributed by atoms with Crippen LogP contribution in [-0.4, -0.2) is 50.9 Å². The van der Waals surface area contributed by atoms with Gasteiger partial charge in [0.15, 0.2) is 0 Å². The summed E-state index contributed by atoms with van der Waals surface area (Å²) >= 11 is 1.74. The van der Waals surface area contributed by atoms with Gasteiger partial charge in [-0.2, -0.15) is 11.8 Å². The van der Waals surface area contributed by atoms with Gasteiger partial charge in [0.05, 0.1) is 12.4 Å². The van der Waals surface area contributed by atoms with Gasteiger partial charge in [0.2, 0.25) is 6.41 Å². The molecule has 5 nitrogen and oxygen atoms in total. The number of hydrogen-bond donors (Lipinski definition) is 3. The normalized spacial score (nSPS) is 10.5. The van der Waals surface area contributed by atoms with E-state index in [0.29, 0.717) is 25.3 Å². The fourth-order valence-corrected chi connectivity index (χ4v) is 1.38. The highest BCUT2D eigenvalue weighted by atomic mass is 32.2. The van der Waals surface area contributed by atoms with Crippen LogP contribution in [0.2, 0.25) is 0 Å². The number of carbonyl (C=O) groups excluding carboxylic acids is 1. The number of hydrogen-bond acceptors (Lipinski definition) is 4. The van der Waals surface area contributed by atoms with E-state index in [4.69, 9.17) is 5.73 Å². The summed E-state index contributed by atoms with van der Waals surface area (Å²) in [6.45, 7) is 4.48. The van der Waals surface area contributed by atoms with Gasteiger partial charge in [-0.1, -0.05) is 13.3 Å². The van der Waals surface area contributed by atoms with Crippen molar-refractivity contribution in [3.8, 4) is 0 Å². The maximum atomic E-state index is 9.83. The molecule has 0 aliphatic carbocycles. The summed E-state index contributed by atoms with van der Waals surface area (Å²) in [5.41, 5.74) is 5.56. The summed E-state index contributed by atoms with van der Waals surface area (Å²) in [6, 6.07) is 0. The van der Waals surface area contributed by atoms with Gasteiger partial charge in [0.1, 0.15) is 0 Å². The van der Waals surface area contributed by atoms with Crippen LogP contribution in [0.15, 0.2) is 4.99 Å². The molecule has 0 heterocycles. The fourth-order valence-electron chi connectivity index (χ4n) is 0.962. The molecule has 18 heavy (non-hydrogen) atoms. The Hall–Kier alpha value is -0.750. The Labute approximate surface area is 115 Å². The molecule has 0 aliphatic rings. The Morgan fingerprint density at radius 3 is 2.61 bits per heavy atom. The third-order valence-electron chi connectivity index (χ3n) is 2.00. The fraction of sp³-hybridized carbons (Fsp3) is 0.833. The summed E-state index contributed by atoms with van der Waals surface area (Å²) in [7, 11) is 1.98. The minimum atomic E-state index is 0.559. The van der Waals surface area contributed by atoms with Crippen molar-refractivity contribution in [3.63, 3.8) is 0 Å². The summed E-state index contributed by atoms with van der Waals surface area (Å²) < 4.78 is 0. The van der Waals surface area contributed by atoms with Crippen molar-refractivity contribution in [3.05, 3.63) is 0 Å². The average Bonchev–Trinajstić information content (AvgIpc) is 2.39. The smallest absolute Gasteiger partial charge is 0.207 e. The number of amides is 1. The summed E-state index contributed by atoms with van der Waals surface area (Å²) in [6.07, 6.45) is 6.11. The molecule has 0 radical (unpaired) electrons. The quantitative estimate of drug-likeness (QED) is 0.239. The van der Waals surface area contributed by atoms with Crippen LogP contribution < -0.4 is 16.4 Å². The van der Waals surface area contributed by atoms with Crippen LogP contribution in [0.25, 0.3) is 0 Å². The molecular weight excluding hydrogens is 248 g/mol. The number of thioether (sulfide) groups is 1. The lowest BCUT2D eigenvalue weighted by molar-refractivity contribution is -0.109. The van der Waals surface area contributed by atoms with Crippen LogP contribution in [0.5, 0.6) is 0 Å². The Balaban J connectivity index is 0. The first kappa shape index (κ1) is 19.6. The van der Waals surface area contributed by atoms with Gasteiger partial charge in [0.25, 0.3) is 0 Å². The maximum absolute atomic E-state index is 9.83. The molecule has 6 heteroatoms. The molecule has 0 atom stereocenters. The molecule has 1 amide bonds. The third-order valence-corrected chi connectivity index (χ3v) is 2.61. The van der Waals surface area contributed by atoms with Crippen molar-refractivity contribution in [1.29, 1.82) is 0 Å². The number of unbranched alkanes of at least 4 members (excludes halogenated alkanes) is 1. The maximum Gasteiger partial charge on any atom is 0.207 e. The minimum Gasteiger partial charge on any atom is -0.387 e. The number of amidine groups is 1. The van der Waals surface area contributed by atoms with E-state index in [1.165, 1.54) is 12.8 Å². The van der Waals surface area contributed by atoms with E-state index in [-0.39, 0.29) is 0 Å². The van der Waals surface area contributed by atoms with Gasteiger partial charge in [-0.15, -0.1) is 0 Å². The highest BCUT2D eigenvalue weighted by Crippen LogP contribution is 1.94. The molecule has 108 valence electrons. The van der Waals surface area contributed by atoms with Crippen molar-refractivity contribution in [2.45, 2.75) is 26.2 Å². The van der Waals surface area contributed by atoms with E-state index < -0.39 is 0 Å². The summed E-state index contributed by atoms with van der Waals surface area (Å²) in [4.78, 5) is 13.9. The van der Waals surface area contributed by atoms with Gasteiger partial charge in [-0.3, -0.25) is 9.79 Å². The van der Waals surface area contributed by atoms with Crippen LogP contribution in [0, 0.1) is 0 Å². The van der Waals surface area contributed by atoms with Crippen molar-refractivity contribution < 1.29 is 4.79 Å². The number of rotatable bonds is 10. The van der Waals surface area contributed by atoms with Crippen LogP contribution in [-0.2, 0) is 4.79 Å². The predicted molar refractivity (Wildman–Crippen MR) is 82.4 cm³/mol. The summed E-state index contributed by atoms with van der Waals surface area (Å²) in [5, 5.41) is 5.58. The molecule has 0 saturated carbocycles. The highest BCUT2D eigenvalue weighted by Gasteiger charge is 1.90. The zero-order valence-electron chi connectivity index (χ0n) is 11.9. The lowest BCUT2D eigenvalue weighted by atomic mass is 10.3. The van der Waals surface area contributed by atoms with Crippen molar-refractivity contribution in [2.24, 2.45) is 10.7 Å².